The Morgan fingerprint density at radius 3 is 2.95 bits per heavy atom. The van der Waals surface area contributed by atoms with E-state index in [2.05, 4.69) is 4.98 Å². The van der Waals surface area contributed by atoms with Crippen molar-refractivity contribution in [2.75, 3.05) is 7.11 Å². The number of benzene rings is 1. The van der Waals surface area contributed by atoms with Crippen molar-refractivity contribution in [3.05, 3.63) is 71.6 Å². The second-order valence-corrected chi connectivity index (χ2v) is 4.65. The first-order chi connectivity index (χ1) is 10.2. The number of methoxy groups -OCH3 is 1. The molecular weight excluding hydrogens is 271 g/mol. The van der Waals surface area contributed by atoms with Crippen LogP contribution in [0, 0.1) is 5.82 Å². The zero-order valence-electron chi connectivity index (χ0n) is 11.4. The number of rotatable bonds is 3. The number of nitrogens with zero attached hydrogens (tertiary/aromatic N) is 2. The van der Waals surface area contributed by atoms with E-state index in [0.29, 0.717) is 17.5 Å². The topological polar surface area (TPSA) is 43.6 Å². The SMILES string of the molecule is COC(=O)c1cccn2c(Cc3cccc(F)c3)ncc12. The number of pyridine rings is 1. The third kappa shape index (κ3) is 2.50. The maximum atomic E-state index is 13.2. The number of fused-ring (bicyclic) bond motifs is 1. The Morgan fingerprint density at radius 2 is 2.19 bits per heavy atom. The largest absolute Gasteiger partial charge is 0.465 e. The first-order valence-electron chi connectivity index (χ1n) is 6.47. The van der Waals surface area contributed by atoms with Gasteiger partial charge in [-0.1, -0.05) is 12.1 Å². The van der Waals surface area contributed by atoms with E-state index in [-0.39, 0.29) is 5.82 Å². The van der Waals surface area contributed by atoms with Gasteiger partial charge < -0.3 is 9.14 Å². The lowest BCUT2D eigenvalue weighted by atomic mass is 10.1. The van der Waals surface area contributed by atoms with Gasteiger partial charge >= 0.3 is 5.97 Å². The van der Waals surface area contributed by atoms with Gasteiger partial charge in [-0.25, -0.2) is 14.2 Å². The molecule has 0 aliphatic heterocycles. The van der Waals surface area contributed by atoms with Crippen molar-refractivity contribution in [1.82, 2.24) is 9.38 Å². The zero-order valence-corrected chi connectivity index (χ0v) is 11.4. The van der Waals surface area contributed by atoms with Gasteiger partial charge in [-0.05, 0) is 29.8 Å². The maximum Gasteiger partial charge on any atom is 0.340 e. The molecule has 3 aromatic rings. The monoisotopic (exact) mass is 284 g/mol. The minimum atomic E-state index is -0.405. The normalized spacial score (nSPS) is 10.8. The van der Waals surface area contributed by atoms with Crippen LogP contribution in [0.2, 0.25) is 0 Å². The number of imidazole rings is 1. The summed E-state index contributed by atoms with van der Waals surface area (Å²) in [6, 6.07) is 9.84. The summed E-state index contributed by atoms with van der Waals surface area (Å²) in [5, 5.41) is 0. The van der Waals surface area contributed by atoms with E-state index in [4.69, 9.17) is 4.74 Å². The summed E-state index contributed by atoms with van der Waals surface area (Å²) in [7, 11) is 1.34. The van der Waals surface area contributed by atoms with E-state index in [9.17, 15) is 9.18 Å². The van der Waals surface area contributed by atoms with Crippen LogP contribution in [0.15, 0.2) is 48.8 Å². The molecule has 0 aliphatic carbocycles. The molecule has 0 saturated heterocycles. The van der Waals surface area contributed by atoms with E-state index in [1.165, 1.54) is 19.2 Å². The first-order valence-corrected chi connectivity index (χ1v) is 6.47. The average Bonchev–Trinajstić information content (AvgIpc) is 2.90. The number of hydrogen-bond donors (Lipinski definition) is 0. The molecule has 2 aromatic heterocycles. The summed E-state index contributed by atoms with van der Waals surface area (Å²) >= 11 is 0. The number of halogens is 1. The first kappa shape index (κ1) is 13.3. The third-order valence-electron chi connectivity index (χ3n) is 3.30. The predicted molar refractivity (Wildman–Crippen MR) is 75.7 cm³/mol. The van der Waals surface area contributed by atoms with Crippen LogP contribution in [-0.2, 0) is 11.2 Å². The smallest absolute Gasteiger partial charge is 0.340 e. The molecule has 3 rings (SSSR count). The predicted octanol–water partition coefficient (Wildman–Crippen LogP) is 2.85. The Bertz CT molecular complexity index is 811. The van der Waals surface area contributed by atoms with Crippen molar-refractivity contribution in [3.63, 3.8) is 0 Å². The van der Waals surface area contributed by atoms with Gasteiger partial charge in [0.25, 0.3) is 0 Å². The fourth-order valence-electron chi connectivity index (χ4n) is 2.32. The molecule has 5 heteroatoms. The minimum absolute atomic E-state index is 0.274. The maximum absolute atomic E-state index is 13.2. The van der Waals surface area contributed by atoms with Crippen molar-refractivity contribution in [3.8, 4) is 0 Å². The van der Waals surface area contributed by atoms with Gasteiger partial charge in [-0.2, -0.15) is 0 Å². The molecule has 106 valence electrons. The van der Waals surface area contributed by atoms with Crippen LogP contribution in [0.25, 0.3) is 5.52 Å². The summed E-state index contributed by atoms with van der Waals surface area (Å²) in [5.41, 5.74) is 1.96. The molecule has 2 heterocycles. The fourth-order valence-corrected chi connectivity index (χ4v) is 2.32. The van der Waals surface area contributed by atoms with Crippen LogP contribution in [-0.4, -0.2) is 22.5 Å². The molecule has 0 radical (unpaired) electrons. The number of ether oxygens (including phenoxy) is 1. The van der Waals surface area contributed by atoms with Crippen molar-refractivity contribution in [1.29, 1.82) is 0 Å². The van der Waals surface area contributed by atoms with E-state index in [1.54, 1.807) is 24.4 Å². The quantitative estimate of drug-likeness (QED) is 0.695. The van der Waals surface area contributed by atoms with Crippen LogP contribution in [0.5, 0.6) is 0 Å². The van der Waals surface area contributed by atoms with Crippen LogP contribution in [0.4, 0.5) is 4.39 Å². The average molecular weight is 284 g/mol. The Hall–Kier alpha value is -2.69. The molecule has 0 unspecified atom stereocenters. The van der Waals surface area contributed by atoms with Gasteiger partial charge in [0, 0.05) is 12.6 Å². The molecule has 0 aliphatic rings. The molecule has 0 saturated carbocycles. The summed E-state index contributed by atoms with van der Waals surface area (Å²) in [6.07, 6.45) is 3.93. The summed E-state index contributed by atoms with van der Waals surface area (Å²) < 4.78 is 19.8. The number of hydrogen-bond acceptors (Lipinski definition) is 3. The Balaban J connectivity index is 2.03. The van der Waals surface area contributed by atoms with Crippen molar-refractivity contribution in [2.24, 2.45) is 0 Å². The van der Waals surface area contributed by atoms with Gasteiger partial charge in [-0.3, -0.25) is 0 Å². The lowest BCUT2D eigenvalue weighted by molar-refractivity contribution is 0.0602. The van der Waals surface area contributed by atoms with E-state index >= 15 is 0 Å². The lowest BCUT2D eigenvalue weighted by Crippen LogP contribution is -2.04. The second-order valence-electron chi connectivity index (χ2n) is 4.65. The molecule has 0 amide bonds. The highest BCUT2D eigenvalue weighted by atomic mass is 19.1. The molecule has 0 fully saturated rings. The second kappa shape index (κ2) is 5.36. The molecular formula is C16H13FN2O2. The molecule has 0 spiro atoms. The van der Waals surface area contributed by atoms with E-state index in [1.807, 2.05) is 16.7 Å². The minimum Gasteiger partial charge on any atom is -0.465 e. The molecule has 0 atom stereocenters. The van der Waals surface area contributed by atoms with Crippen LogP contribution >= 0.6 is 0 Å². The Kier molecular flexibility index (Phi) is 3.39. The summed E-state index contributed by atoms with van der Waals surface area (Å²) in [6.45, 7) is 0. The summed E-state index contributed by atoms with van der Waals surface area (Å²) in [5.74, 6) is 0.0581. The number of aromatic nitrogens is 2. The number of carbonyl (C=O) groups is 1. The lowest BCUT2D eigenvalue weighted by Gasteiger charge is -2.05. The molecule has 4 nitrogen and oxygen atoms in total. The third-order valence-corrected chi connectivity index (χ3v) is 3.30. The molecule has 1 aromatic carbocycles. The highest BCUT2D eigenvalue weighted by molar-refractivity contribution is 5.96. The highest BCUT2D eigenvalue weighted by Gasteiger charge is 2.13. The van der Waals surface area contributed by atoms with E-state index < -0.39 is 5.97 Å². The van der Waals surface area contributed by atoms with Crippen molar-refractivity contribution < 1.29 is 13.9 Å². The van der Waals surface area contributed by atoms with Crippen molar-refractivity contribution in [2.45, 2.75) is 6.42 Å². The molecule has 0 N–H and O–H groups in total. The number of carbonyl (C=O) groups excluding carboxylic acids is 1. The Labute approximate surface area is 120 Å². The highest BCUT2D eigenvalue weighted by Crippen LogP contribution is 2.16. The molecule has 0 bridgehead atoms. The summed E-state index contributed by atoms with van der Waals surface area (Å²) in [4.78, 5) is 16.1. The standard InChI is InChI=1S/C16H13FN2O2/c1-21-16(20)13-6-3-7-19-14(13)10-18-15(19)9-11-4-2-5-12(17)8-11/h2-8,10H,9H2,1H3. The number of esters is 1. The van der Waals surface area contributed by atoms with Crippen LogP contribution < -0.4 is 0 Å². The van der Waals surface area contributed by atoms with E-state index in [0.717, 1.165) is 11.4 Å². The fraction of sp³-hybridized carbons (Fsp3) is 0.125. The van der Waals surface area contributed by atoms with Gasteiger partial charge in [0.05, 0.1) is 24.4 Å². The van der Waals surface area contributed by atoms with Gasteiger partial charge in [-0.15, -0.1) is 0 Å². The Morgan fingerprint density at radius 1 is 1.33 bits per heavy atom. The molecule has 21 heavy (non-hydrogen) atoms. The van der Waals surface area contributed by atoms with Crippen molar-refractivity contribution >= 4 is 11.5 Å². The van der Waals surface area contributed by atoms with Gasteiger partial charge in [0.2, 0.25) is 0 Å². The zero-order chi connectivity index (χ0) is 14.8. The van der Waals surface area contributed by atoms with Gasteiger partial charge in [0.1, 0.15) is 11.6 Å². The van der Waals surface area contributed by atoms with Crippen LogP contribution in [0.1, 0.15) is 21.7 Å². The van der Waals surface area contributed by atoms with Crippen LogP contribution in [0.3, 0.4) is 0 Å². The van der Waals surface area contributed by atoms with Gasteiger partial charge in [0.15, 0.2) is 0 Å².